The van der Waals surface area contributed by atoms with Crippen molar-refractivity contribution in [3.05, 3.63) is 44.6 Å². The fourth-order valence-electron chi connectivity index (χ4n) is 1.73. The molecule has 1 N–H and O–H groups in total. The Morgan fingerprint density at radius 2 is 2.20 bits per heavy atom. The Labute approximate surface area is 137 Å². The lowest BCUT2D eigenvalue weighted by Gasteiger charge is -2.07. The van der Waals surface area contributed by atoms with E-state index in [1.165, 1.54) is 15.7 Å². The van der Waals surface area contributed by atoms with Gasteiger partial charge in [-0.25, -0.2) is 4.98 Å². The third-order valence-electron chi connectivity index (χ3n) is 2.51. The van der Waals surface area contributed by atoms with Crippen LogP contribution in [0.15, 0.2) is 40.9 Å². The number of nitrogens with one attached hydrogen (secondary N) is 1. The molecule has 0 aliphatic carbocycles. The lowest BCUT2D eigenvalue weighted by molar-refractivity contribution is 0.597. The van der Waals surface area contributed by atoms with Gasteiger partial charge in [0.15, 0.2) is 15.1 Å². The average Bonchev–Trinajstić information content (AvgIpc) is 2.87. The number of thiazole rings is 1. The first-order valence-electron chi connectivity index (χ1n) is 5.37. The molecule has 0 radical (unpaired) electrons. The van der Waals surface area contributed by atoms with Gasteiger partial charge in [0.05, 0.1) is 0 Å². The first-order valence-corrected chi connectivity index (χ1v) is 9.19. The molecule has 104 valence electrons. The highest BCUT2D eigenvalue weighted by atomic mass is 127. The number of sulfonamides is 1. The second-order valence-electron chi connectivity index (χ2n) is 3.88. The van der Waals surface area contributed by atoms with E-state index in [0.717, 1.165) is 3.57 Å². The molecular weight excluding hydrogens is 433 g/mol. The van der Waals surface area contributed by atoms with Gasteiger partial charge in [-0.2, -0.15) is 8.42 Å². The zero-order valence-corrected chi connectivity index (χ0v) is 14.3. The predicted molar refractivity (Wildman–Crippen MR) is 88.0 cm³/mol. The zero-order chi connectivity index (χ0) is 14.3. The number of imidazole rings is 1. The molecule has 9 heteroatoms. The molecule has 5 nitrogen and oxygen atoms in total. The summed E-state index contributed by atoms with van der Waals surface area (Å²) in [5.41, 5.74) is 0.484. The Kier molecular flexibility index (Phi) is 3.65. The fourth-order valence-corrected chi connectivity index (χ4v) is 4.78. The van der Waals surface area contributed by atoms with Crippen LogP contribution in [0.2, 0.25) is 5.15 Å². The normalized spacial score (nSPS) is 11.9. The van der Waals surface area contributed by atoms with E-state index in [0.29, 0.717) is 10.6 Å². The van der Waals surface area contributed by atoms with E-state index in [9.17, 15) is 8.42 Å². The summed E-state index contributed by atoms with van der Waals surface area (Å²) >= 11 is 9.38. The van der Waals surface area contributed by atoms with Gasteiger partial charge in [-0.3, -0.25) is 9.12 Å². The van der Waals surface area contributed by atoms with Gasteiger partial charge in [-0.1, -0.05) is 17.7 Å². The minimum absolute atomic E-state index is 0.0324. The van der Waals surface area contributed by atoms with Gasteiger partial charge in [0.2, 0.25) is 0 Å². The topological polar surface area (TPSA) is 63.5 Å². The van der Waals surface area contributed by atoms with Gasteiger partial charge in [-0.05, 0) is 40.8 Å². The van der Waals surface area contributed by atoms with Crippen LogP contribution in [0.1, 0.15) is 0 Å². The molecule has 0 saturated heterocycles. The molecular formula is C11H7ClIN3O2S2. The summed E-state index contributed by atoms with van der Waals surface area (Å²) in [6, 6.07) is 7.07. The average molecular weight is 440 g/mol. The van der Waals surface area contributed by atoms with Crippen molar-refractivity contribution in [2.24, 2.45) is 0 Å². The Morgan fingerprint density at radius 1 is 1.40 bits per heavy atom. The van der Waals surface area contributed by atoms with Crippen LogP contribution in [0.25, 0.3) is 4.96 Å². The van der Waals surface area contributed by atoms with Crippen LogP contribution in [0, 0.1) is 3.57 Å². The molecule has 2 heterocycles. The van der Waals surface area contributed by atoms with Crippen molar-refractivity contribution >= 4 is 66.2 Å². The first kappa shape index (κ1) is 14.1. The molecule has 20 heavy (non-hydrogen) atoms. The van der Waals surface area contributed by atoms with Crippen molar-refractivity contribution in [2.75, 3.05) is 4.72 Å². The third kappa shape index (κ3) is 2.52. The smallest absolute Gasteiger partial charge is 0.278 e. The first-order chi connectivity index (χ1) is 9.47. The maximum atomic E-state index is 12.5. The highest BCUT2D eigenvalue weighted by Crippen LogP contribution is 2.27. The van der Waals surface area contributed by atoms with E-state index in [1.54, 1.807) is 29.8 Å². The van der Waals surface area contributed by atoms with Gasteiger partial charge in [0.25, 0.3) is 10.0 Å². The number of anilines is 1. The number of aromatic nitrogens is 2. The Hall–Kier alpha value is -0.840. The number of hydrogen-bond acceptors (Lipinski definition) is 4. The molecule has 0 atom stereocenters. The highest BCUT2D eigenvalue weighted by Gasteiger charge is 2.25. The third-order valence-corrected chi connectivity index (χ3v) is 5.72. The Bertz CT molecular complexity index is 888. The second-order valence-corrected chi connectivity index (χ2v) is 7.95. The van der Waals surface area contributed by atoms with Crippen LogP contribution in [0.3, 0.4) is 0 Å². The number of benzene rings is 1. The van der Waals surface area contributed by atoms with Crippen LogP contribution in [-0.2, 0) is 10.0 Å². The van der Waals surface area contributed by atoms with Gasteiger partial charge in [0.1, 0.15) is 0 Å². The van der Waals surface area contributed by atoms with Gasteiger partial charge >= 0.3 is 0 Å². The monoisotopic (exact) mass is 439 g/mol. The number of rotatable bonds is 3. The predicted octanol–water partition coefficient (Wildman–Crippen LogP) is 3.45. The largest absolute Gasteiger partial charge is 0.281 e. The van der Waals surface area contributed by atoms with Gasteiger partial charge in [-0.15, -0.1) is 11.3 Å². The van der Waals surface area contributed by atoms with E-state index in [-0.39, 0.29) is 10.2 Å². The maximum Gasteiger partial charge on any atom is 0.281 e. The minimum Gasteiger partial charge on any atom is -0.278 e. The Morgan fingerprint density at radius 3 is 2.95 bits per heavy atom. The number of halogens is 2. The summed E-state index contributed by atoms with van der Waals surface area (Å²) in [4.78, 5) is 4.56. The number of fused-ring (bicyclic) bond motifs is 1. The summed E-state index contributed by atoms with van der Waals surface area (Å²) in [5.74, 6) is 0. The van der Waals surface area contributed by atoms with Crippen molar-refractivity contribution in [1.82, 2.24) is 9.38 Å². The lowest BCUT2D eigenvalue weighted by atomic mass is 10.3. The molecule has 1 aromatic carbocycles. The maximum absolute atomic E-state index is 12.5. The van der Waals surface area contributed by atoms with E-state index >= 15 is 0 Å². The summed E-state index contributed by atoms with van der Waals surface area (Å²) in [7, 11) is -3.79. The lowest BCUT2D eigenvalue weighted by Crippen LogP contribution is -2.15. The van der Waals surface area contributed by atoms with Crippen LogP contribution >= 0.6 is 45.5 Å². The van der Waals surface area contributed by atoms with Crippen molar-refractivity contribution in [2.45, 2.75) is 5.03 Å². The van der Waals surface area contributed by atoms with Crippen molar-refractivity contribution in [3.63, 3.8) is 0 Å². The van der Waals surface area contributed by atoms with E-state index < -0.39 is 10.0 Å². The van der Waals surface area contributed by atoms with E-state index in [2.05, 4.69) is 32.3 Å². The fraction of sp³-hybridized carbons (Fsp3) is 0. The van der Waals surface area contributed by atoms with Crippen LogP contribution in [0.5, 0.6) is 0 Å². The standard InChI is InChI=1S/C11H7ClIN3O2S2/c12-9-10(16-4-5-19-11(16)14-9)20(17,18)15-8-3-1-2-7(13)6-8/h1-6,15H. The van der Waals surface area contributed by atoms with Crippen molar-refractivity contribution in [1.29, 1.82) is 0 Å². The van der Waals surface area contributed by atoms with Crippen LogP contribution in [-0.4, -0.2) is 17.8 Å². The minimum atomic E-state index is -3.79. The Balaban J connectivity index is 2.08. The molecule has 0 fully saturated rings. The van der Waals surface area contributed by atoms with E-state index in [1.807, 2.05) is 6.07 Å². The molecule has 0 aliphatic heterocycles. The second kappa shape index (κ2) is 5.17. The number of hydrogen-bond donors (Lipinski definition) is 1. The van der Waals surface area contributed by atoms with Crippen LogP contribution < -0.4 is 4.72 Å². The van der Waals surface area contributed by atoms with Crippen LogP contribution in [0.4, 0.5) is 5.69 Å². The van der Waals surface area contributed by atoms with Crippen molar-refractivity contribution in [3.8, 4) is 0 Å². The number of nitrogens with zero attached hydrogens (tertiary/aromatic N) is 2. The molecule has 3 aromatic rings. The molecule has 0 bridgehead atoms. The van der Waals surface area contributed by atoms with Gasteiger partial charge in [0, 0.05) is 20.8 Å². The molecule has 2 aromatic heterocycles. The molecule has 0 amide bonds. The summed E-state index contributed by atoms with van der Waals surface area (Å²) in [6.07, 6.45) is 1.63. The van der Waals surface area contributed by atoms with Gasteiger partial charge < -0.3 is 0 Å². The summed E-state index contributed by atoms with van der Waals surface area (Å²) in [5, 5.41) is 1.67. The molecule has 3 rings (SSSR count). The molecule has 0 saturated carbocycles. The highest BCUT2D eigenvalue weighted by molar-refractivity contribution is 14.1. The molecule has 0 aliphatic rings. The quantitative estimate of drug-likeness (QED) is 0.636. The summed E-state index contributed by atoms with van der Waals surface area (Å²) in [6.45, 7) is 0. The SMILES string of the molecule is O=S(=O)(Nc1cccc(I)c1)c1c(Cl)nc2sccn12. The van der Waals surface area contributed by atoms with E-state index in [4.69, 9.17) is 11.6 Å². The molecule has 0 spiro atoms. The summed E-state index contributed by atoms with van der Waals surface area (Å²) < 4.78 is 29.8. The van der Waals surface area contributed by atoms with Crippen molar-refractivity contribution < 1.29 is 8.42 Å². The zero-order valence-electron chi connectivity index (χ0n) is 9.75. The molecule has 0 unspecified atom stereocenters.